The first kappa shape index (κ1) is 56.4. The highest BCUT2D eigenvalue weighted by molar-refractivity contribution is 8.77. The maximum Gasteiger partial charge on any atom is 0.407 e. The second kappa shape index (κ2) is 24.6. The van der Waals surface area contributed by atoms with E-state index in [0.717, 1.165) is 31.8 Å². The van der Waals surface area contributed by atoms with Crippen LogP contribution in [0.4, 0.5) is 18.4 Å². The van der Waals surface area contributed by atoms with E-state index in [4.69, 9.17) is 33.2 Å². The molecule has 0 aromatic heterocycles. The summed E-state index contributed by atoms with van der Waals surface area (Å²) in [6.45, 7) is 12.0. The number of fused-ring (bicyclic) bond motifs is 8. The van der Waals surface area contributed by atoms with E-state index >= 15 is 8.78 Å². The van der Waals surface area contributed by atoms with Crippen molar-refractivity contribution >= 4 is 51.2 Å². The molecular weight excluding hydrogens is 977 g/mol. The average Bonchev–Trinajstić information content (AvgIpc) is 3.70. The smallest absolute Gasteiger partial charge is 0.407 e. The molecule has 0 aromatic carbocycles. The molecule has 402 valence electrons. The first-order chi connectivity index (χ1) is 34.4. The van der Waals surface area contributed by atoms with Crippen molar-refractivity contribution < 1.29 is 71.0 Å². The maximum absolute atomic E-state index is 17.8. The summed E-state index contributed by atoms with van der Waals surface area (Å²) in [5, 5.41) is 20.1. The third kappa shape index (κ3) is 12.4. The molecule has 20 heteroatoms. The largest absolute Gasteiger partial charge is 0.449 e. The molecule has 0 radical (unpaired) electrons. The molecule has 7 aliphatic rings. The molecule has 6 aliphatic carbocycles. The van der Waals surface area contributed by atoms with Crippen LogP contribution in [0.25, 0.3) is 0 Å². The Kier molecular flexibility index (Phi) is 19.3. The Bertz CT molecular complexity index is 2070. The highest BCUT2D eigenvalue weighted by atomic mass is 33.1. The molecule has 0 spiro atoms. The highest BCUT2D eigenvalue weighted by Gasteiger charge is 2.80. The number of hydrogen-bond acceptors (Lipinski definition) is 15. The van der Waals surface area contributed by atoms with Gasteiger partial charge in [-0.25, -0.2) is 18.4 Å². The standard InChI is InChI=1S/C52H75F2N3O13S2/c1-6-11-45-69-43-28-37-38-27-40(53)39-26-33(58)14-15-49(39,4)51(38,54)41(59)29-50(37,5)52(43,70-45)42(60)32-68-47(63)57-18-25-71-72-48(2,3)30-44(61)55-16-19-64-21-23-66-24-22-65-20-17-56-46(62)67-31-36-34-12-9-7-8-10-13-35(34)36/h14-15,26,34-38,40-41,43,45,59H,6,9-13,16-25,27-32H2,1-5H3,(H,55,61)(H,56,62)(H,57,63)/t34-,35+,36-,37?,38-,40-,41-,43+,45?,49-,50-,51-,52+/m0/s1. The van der Waals surface area contributed by atoms with Crippen molar-refractivity contribution in [3.05, 3.63) is 23.8 Å². The van der Waals surface area contributed by atoms with E-state index in [2.05, 4.69) is 27.8 Å². The third-order valence-corrected chi connectivity index (χ3v) is 19.4. The van der Waals surface area contributed by atoms with E-state index in [-0.39, 0.29) is 43.7 Å². The molecule has 7 rings (SSSR count). The third-order valence-electron chi connectivity index (χ3n) is 16.1. The zero-order chi connectivity index (χ0) is 51.7. The van der Waals surface area contributed by atoms with E-state index < -0.39 is 93.7 Å². The molecule has 3 amide bonds. The number of amides is 3. The molecule has 4 saturated carbocycles. The number of aliphatic hydroxyl groups is 1. The number of nitrogens with one attached hydrogen (secondary N) is 3. The van der Waals surface area contributed by atoms with Gasteiger partial charge in [-0.05, 0) is 101 Å². The summed E-state index contributed by atoms with van der Waals surface area (Å²) in [4.78, 5) is 64.3. The van der Waals surface area contributed by atoms with E-state index in [1.165, 1.54) is 40.7 Å². The monoisotopic (exact) mass is 1050 g/mol. The fourth-order valence-electron chi connectivity index (χ4n) is 12.6. The summed E-state index contributed by atoms with van der Waals surface area (Å²) in [6, 6.07) is 0. The highest BCUT2D eigenvalue weighted by Crippen LogP contribution is 2.72. The Balaban J connectivity index is 0.727. The molecule has 0 aromatic rings. The lowest BCUT2D eigenvalue weighted by Crippen LogP contribution is -2.71. The van der Waals surface area contributed by atoms with Crippen LogP contribution >= 0.6 is 21.6 Å². The summed E-state index contributed by atoms with van der Waals surface area (Å²) in [7, 11) is 2.98. The van der Waals surface area contributed by atoms with E-state index in [1.807, 2.05) is 20.8 Å². The molecule has 4 N–H and O–H groups in total. The number of alkyl halides is 2. The molecule has 72 heavy (non-hydrogen) atoms. The Hall–Kier alpha value is -3.29. The minimum atomic E-state index is -2.33. The van der Waals surface area contributed by atoms with Crippen LogP contribution < -0.4 is 16.0 Å². The minimum Gasteiger partial charge on any atom is -0.449 e. The molecule has 5 fully saturated rings. The van der Waals surface area contributed by atoms with Gasteiger partial charge in [-0.15, -0.1) is 11.8 Å². The van der Waals surface area contributed by atoms with Gasteiger partial charge in [0.25, 0.3) is 0 Å². The van der Waals surface area contributed by atoms with Gasteiger partial charge in [0, 0.05) is 66.1 Å². The number of aliphatic hydroxyl groups excluding tert-OH is 1. The summed E-state index contributed by atoms with van der Waals surface area (Å²) >= 11 is 0. The number of ketones is 2. The summed E-state index contributed by atoms with van der Waals surface area (Å²) < 4.78 is 73.7. The topological polar surface area (TPSA) is 206 Å². The van der Waals surface area contributed by atoms with Crippen molar-refractivity contribution in [3.8, 4) is 11.8 Å². The predicted octanol–water partition coefficient (Wildman–Crippen LogP) is 6.37. The number of hydrogen-bond donors (Lipinski definition) is 4. The lowest BCUT2D eigenvalue weighted by molar-refractivity contribution is -0.234. The number of halogens is 2. The molecule has 1 heterocycles. The number of rotatable bonds is 26. The number of ether oxygens (including phenoxy) is 7. The van der Waals surface area contributed by atoms with Crippen LogP contribution in [-0.2, 0) is 47.5 Å². The summed E-state index contributed by atoms with van der Waals surface area (Å²) in [5.41, 5.74) is -6.78. The quantitative estimate of drug-likeness (QED) is 0.0422. The number of allylic oxidation sites excluding steroid dienone is 4. The van der Waals surface area contributed by atoms with Gasteiger partial charge in [0.15, 0.2) is 29.9 Å². The van der Waals surface area contributed by atoms with E-state index in [1.54, 1.807) is 6.92 Å². The normalized spacial score (nSPS) is 35.1. The van der Waals surface area contributed by atoms with Gasteiger partial charge >= 0.3 is 12.2 Å². The molecule has 1 saturated heterocycles. The van der Waals surface area contributed by atoms with Crippen molar-refractivity contribution in [1.82, 2.24) is 16.0 Å². The Labute approximate surface area is 430 Å². The summed E-state index contributed by atoms with van der Waals surface area (Å²) in [6.07, 6.45) is 2.83. The van der Waals surface area contributed by atoms with E-state index in [0.29, 0.717) is 95.7 Å². The van der Waals surface area contributed by atoms with Crippen LogP contribution in [0.5, 0.6) is 0 Å². The second-order valence-corrected chi connectivity index (χ2v) is 24.3. The SMILES string of the molecule is CCCC1O[C@@H]2CC3[C@@H]4C[C@H](F)C5=CC(=O)C=C[C@]5(C)[C@@]4(F)[C@@H](O)C[C@]3(C)[C@]2(C(=O)COC(=O)NCCSSC(C)(C)CC(=O)NCCOCCOCCOCCNC(=O)OC[C@@H]2[C@@H]3CCC#CCC[C@@H]32)O1. The van der Waals surface area contributed by atoms with Gasteiger partial charge in [0.1, 0.15) is 6.17 Å². The zero-order valence-corrected chi connectivity index (χ0v) is 44.0. The van der Waals surface area contributed by atoms with Crippen molar-refractivity contribution in [2.45, 2.75) is 140 Å². The number of carbonyl (C=O) groups excluding carboxylic acids is 5. The molecule has 13 atom stereocenters. The first-order valence-electron chi connectivity index (χ1n) is 25.8. The van der Waals surface area contributed by atoms with Gasteiger partial charge in [-0.3, -0.25) is 14.4 Å². The molecule has 1 aliphatic heterocycles. The summed E-state index contributed by atoms with van der Waals surface area (Å²) in [5.74, 6) is 5.79. The fraction of sp³-hybridized carbons (Fsp3) is 0.788. The minimum absolute atomic E-state index is 0.0154. The van der Waals surface area contributed by atoms with Crippen molar-refractivity contribution in [3.63, 3.8) is 0 Å². The Morgan fingerprint density at radius 2 is 1.54 bits per heavy atom. The van der Waals surface area contributed by atoms with Crippen LogP contribution in [-0.4, -0.2) is 154 Å². The molecular formula is C52H75F2N3O13S2. The van der Waals surface area contributed by atoms with Crippen molar-refractivity contribution in [1.29, 1.82) is 0 Å². The Morgan fingerprint density at radius 1 is 0.903 bits per heavy atom. The van der Waals surface area contributed by atoms with Crippen LogP contribution in [0.1, 0.15) is 98.8 Å². The predicted molar refractivity (Wildman–Crippen MR) is 266 cm³/mol. The molecule has 0 bridgehead atoms. The zero-order valence-electron chi connectivity index (χ0n) is 42.4. The van der Waals surface area contributed by atoms with Crippen LogP contribution in [0.15, 0.2) is 23.8 Å². The van der Waals surface area contributed by atoms with Gasteiger partial charge < -0.3 is 54.2 Å². The number of alkyl carbamates (subject to hydrolysis) is 2. The number of Topliss-reactive ketones (excluding diaryl/α,β-unsaturated/α-hetero) is 1. The van der Waals surface area contributed by atoms with Crippen LogP contribution in [0.2, 0.25) is 0 Å². The first-order valence-corrected chi connectivity index (χ1v) is 28.1. The average molecular weight is 1050 g/mol. The van der Waals surface area contributed by atoms with Gasteiger partial charge in [-0.1, -0.05) is 47.9 Å². The molecule has 16 nitrogen and oxygen atoms in total. The van der Waals surface area contributed by atoms with Gasteiger partial charge in [0.2, 0.25) is 11.7 Å². The lowest BCUT2D eigenvalue weighted by Gasteiger charge is -2.63. The Morgan fingerprint density at radius 3 is 2.22 bits per heavy atom. The number of carbonyl (C=O) groups is 5. The molecule has 2 unspecified atom stereocenters. The maximum atomic E-state index is 17.8. The van der Waals surface area contributed by atoms with Gasteiger partial charge in [-0.2, -0.15) is 0 Å². The van der Waals surface area contributed by atoms with Gasteiger partial charge in [0.05, 0.1) is 58.5 Å². The van der Waals surface area contributed by atoms with Crippen molar-refractivity contribution in [2.75, 3.05) is 78.2 Å². The fourth-order valence-corrected chi connectivity index (χ4v) is 15.0. The van der Waals surface area contributed by atoms with Crippen LogP contribution in [0, 0.1) is 52.3 Å². The van der Waals surface area contributed by atoms with Crippen LogP contribution in [0.3, 0.4) is 0 Å². The second-order valence-electron chi connectivity index (χ2n) is 21.2. The van der Waals surface area contributed by atoms with E-state index in [9.17, 15) is 29.1 Å². The lowest BCUT2D eigenvalue weighted by atomic mass is 9.44. The van der Waals surface area contributed by atoms with Crippen molar-refractivity contribution in [2.24, 2.45) is 40.4 Å².